The maximum atomic E-state index is 8.50. The van der Waals surface area contributed by atoms with E-state index < -0.39 is 0 Å². The standard InChI is InChI=1S/C11H11N5S/c1-13-11(14-7-12)17-6-10-15-8-4-2-3-5-9(8)16-10/h2-5H,6H2,1H3,(H,13,14)(H,15,16). The number of fused-ring (bicyclic) bond motifs is 1. The van der Waals surface area contributed by atoms with Gasteiger partial charge in [-0.05, 0) is 12.1 Å². The molecule has 0 fully saturated rings. The van der Waals surface area contributed by atoms with E-state index in [1.54, 1.807) is 7.05 Å². The smallest absolute Gasteiger partial charge is 0.183 e. The van der Waals surface area contributed by atoms with Crippen LogP contribution in [-0.4, -0.2) is 22.2 Å². The number of aromatic nitrogens is 2. The molecule has 1 heterocycles. The van der Waals surface area contributed by atoms with Gasteiger partial charge < -0.3 is 4.98 Å². The number of hydrogen-bond donors (Lipinski definition) is 2. The predicted octanol–water partition coefficient (Wildman–Crippen LogP) is 1.85. The van der Waals surface area contributed by atoms with Gasteiger partial charge in [-0.2, -0.15) is 5.26 Å². The van der Waals surface area contributed by atoms with E-state index in [-0.39, 0.29) is 0 Å². The van der Waals surface area contributed by atoms with Crippen molar-refractivity contribution in [2.24, 2.45) is 4.99 Å². The molecule has 86 valence electrons. The number of thioether (sulfide) groups is 1. The minimum atomic E-state index is 0.591. The Balaban J connectivity index is 2.07. The molecule has 0 aliphatic heterocycles. The van der Waals surface area contributed by atoms with E-state index in [9.17, 15) is 0 Å². The number of aliphatic imine (C=N–C) groups is 1. The van der Waals surface area contributed by atoms with Crippen LogP contribution in [-0.2, 0) is 5.75 Å². The summed E-state index contributed by atoms with van der Waals surface area (Å²) in [5.74, 6) is 1.52. The van der Waals surface area contributed by atoms with Crippen LogP contribution in [0.15, 0.2) is 29.3 Å². The number of nitrogens with one attached hydrogen (secondary N) is 2. The topological polar surface area (TPSA) is 76.9 Å². The highest BCUT2D eigenvalue weighted by molar-refractivity contribution is 8.13. The average molecular weight is 245 g/mol. The molecule has 1 aromatic carbocycles. The number of para-hydroxylation sites is 2. The molecule has 0 aliphatic carbocycles. The van der Waals surface area contributed by atoms with Gasteiger partial charge in [-0.15, -0.1) is 0 Å². The Bertz CT molecular complexity index is 548. The summed E-state index contributed by atoms with van der Waals surface area (Å²) in [7, 11) is 1.64. The minimum Gasteiger partial charge on any atom is -0.341 e. The Kier molecular flexibility index (Phi) is 3.62. The van der Waals surface area contributed by atoms with Gasteiger partial charge in [0.1, 0.15) is 5.82 Å². The van der Waals surface area contributed by atoms with E-state index in [1.807, 2.05) is 30.5 Å². The summed E-state index contributed by atoms with van der Waals surface area (Å²) in [4.78, 5) is 11.6. The first-order chi connectivity index (χ1) is 8.33. The number of aromatic amines is 1. The Labute approximate surface area is 103 Å². The monoisotopic (exact) mass is 245 g/mol. The third-order valence-corrected chi connectivity index (χ3v) is 3.13. The lowest BCUT2D eigenvalue weighted by atomic mass is 10.3. The van der Waals surface area contributed by atoms with Crippen molar-refractivity contribution < 1.29 is 0 Å². The van der Waals surface area contributed by atoms with Gasteiger partial charge in [-0.25, -0.2) is 4.98 Å². The largest absolute Gasteiger partial charge is 0.341 e. The number of imidazole rings is 1. The highest BCUT2D eigenvalue weighted by atomic mass is 32.2. The minimum absolute atomic E-state index is 0.591. The van der Waals surface area contributed by atoms with Crippen molar-refractivity contribution in [3.63, 3.8) is 0 Å². The van der Waals surface area contributed by atoms with Crippen LogP contribution in [0.1, 0.15) is 5.82 Å². The first-order valence-corrected chi connectivity index (χ1v) is 6.00. The second-order valence-electron chi connectivity index (χ2n) is 3.25. The van der Waals surface area contributed by atoms with Crippen molar-refractivity contribution in [2.45, 2.75) is 5.75 Å². The van der Waals surface area contributed by atoms with Gasteiger partial charge in [0.05, 0.1) is 16.8 Å². The third kappa shape index (κ3) is 2.77. The van der Waals surface area contributed by atoms with Gasteiger partial charge in [0.25, 0.3) is 0 Å². The van der Waals surface area contributed by atoms with Crippen molar-refractivity contribution in [1.82, 2.24) is 15.3 Å². The number of nitrogens with zero attached hydrogens (tertiary/aromatic N) is 3. The highest BCUT2D eigenvalue weighted by Gasteiger charge is 2.04. The molecule has 0 saturated heterocycles. The normalized spacial score (nSPS) is 11.4. The fraction of sp³-hybridized carbons (Fsp3) is 0.182. The predicted molar refractivity (Wildman–Crippen MR) is 69.5 cm³/mol. The molecular weight excluding hydrogens is 234 g/mol. The number of H-pyrrole nitrogens is 1. The Morgan fingerprint density at radius 1 is 1.59 bits per heavy atom. The van der Waals surface area contributed by atoms with Crippen molar-refractivity contribution in [3.8, 4) is 6.19 Å². The second-order valence-corrected chi connectivity index (χ2v) is 4.22. The zero-order chi connectivity index (χ0) is 12.1. The number of amidine groups is 1. The van der Waals surface area contributed by atoms with Gasteiger partial charge in [-0.3, -0.25) is 10.3 Å². The first kappa shape index (κ1) is 11.5. The van der Waals surface area contributed by atoms with Crippen LogP contribution >= 0.6 is 11.8 Å². The maximum absolute atomic E-state index is 8.50. The number of benzene rings is 1. The molecule has 2 N–H and O–H groups in total. The van der Waals surface area contributed by atoms with Crippen molar-refractivity contribution in [3.05, 3.63) is 30.1 Å². The summed E-state index contributed by atoms with van der Waals surface area (Å²) in [6.45, 7) is 0. The summed E-state index contributed by atoms with van der Waals surface area (Å²) in [5, 5.41) is 11.6. The fourth-order valence-corrected chi connectivity index (χ4v) is 2.07. The molecule has 0 bridgehead atoms. The molecule has 0 atom stereocenters. The molecule has 0 aliphatic rings. The zero-order valence-electron chi connectivity index (χ0n) is 9.27. The molecule has 0 amide bonds. The molecule has 1 aromatic heterocycles. The molecule has 2 rings (SSSR count). The van der Waals surface area contributed by atoms with E-state index in [2.05, 4.69) is 20.3 Å². The van der Waals surface area contributed by atoms with Crippen LogP contribution in [0.4, 0.5) is 0 Å². The molecular formula is C11H11N5S. The molecule has 17 heavy (non-hydrogen) atoms. The van der Waals surface area contributed by atoms with E-state index >= 15 is 0 Å². The van der Waals surface area contributed by atoms with E-state index in [0.717, 1.165) is 16.9 Å². The van der Waals surface area contributed by atoms with Crippen LogP contribution in [0, 0.1) is 11.5 Å². The molecule has 6 heteroatoms. The first-order valence-electron chi connectivity index (χ1n) is 5.02. The second kappa shape index (κ2) is 5.37. The quantitative estimate of drug-likeness (QED) is 0.366. The number of rotatable bonds is 2. The van der Waals surface area contributed by atoms with Crippen LogP contribution < -0.4 is 5.32 Å². The van der Waals surface area contributed by atoms with Gasteiger partial charge in [-0.1, -0.05) is 23.9 Å². The molecule has 5 nitrogen and oxygen atoms in total. The Morgan fingerprint density at radius 3 is 3.12 bits per heavy atom. The Morgan fingerprint density at radius 2 is 2.41 bits per heavy atom. The number of nitriles is 1. The summed E-state index contributed by atoms with van der Waals surface area (Å²) in [6, 6.07) is 7.87. The zero-order valence-corrected chi connectivity index (χ0v) is 10.1. The lowest BCUT2D eigenvalue weighted by Gasteiger charge is -1.99. The molecule has 0 unspecified atom stereocenters. The van der Waals surface area contributed by atoms with Crippen LogP contribution in [0.3, 0.4) is 0 Å². The number of hydrogen-bond acceptors (Lipinski definition) is 4. The molecule has 0 spiro atoms. The van der Waals surface area contributed by atoms with Crippen LogP contribution in [0.25, 0.3) is 11.0 Å². The van der Waals surface area contributed by atoms with Crippen molar-refractivity contribution >= 4 is 28.0 Å². The SMILES string of the molecule is CN=C(NC#N)SCc1nc2ccccc2[nH]1. The van der Waals surface area contributed by atoms with Gasteiger partial charge in [0, 0.05) is 7.05 Å². The van der Waals surface area contributed by atoms with Crippen molar-refractivity contribution in [1.29, 1.82) is 5.26 Å². The van der Waals surface area contributed by atoms with Gasteiger partial charge in [0.2, 0.25) is 0 Å². The summed E-state index contributed by atoms with van der Waals surface area (Å²) >= 11 is 1.44. The van der Waals surface area contributed by atoms with E-state index in [0.29, 0.717) is 10.9 Å². The van der Waals surface area contributed by atoms with Gasteiger partial charge >= 0.3 is 0 Å². The maximum Gasteiger partial charge on any atom is 0.183 e. The summed E-state index contributed by atoms with van der Waals surface area (Å²) in [5.41, 5.74) is 1.97. The van der Waals surface area contributed by atoms with Crippen LogP contribution in [0.2, 0.25) is 0 Å². The lowest BCUT2D eigenvalue weighted by molar-refractivity contribution is 1.14. The molecule has 0 radical (unpaired) electrons. The summed E-state index contributed by atoms with van der Waals surface area (Å²) in [6.07, 6.45) is 1.85. The van der Waals surface area contributed by atoms with Crippen molar-refractivity contribution in [2.75, 3.05) is 7.05 Å². The summed E-state index contributed by atoms with van der Waals surface area (Å²) < 4.78 is 0. The average Bonchev–Trinajstić information content (AvgIpc) is 2.77. The lowest BCUT2D eigenvalue weighted by Crippen LogP contribution is -2.13. The van der Waals surface area contributed by atoms with E-state index in [4.69, 9.17) is 5.26 Å². The molecule has 2 aromatic rings. The van der Waals surface area contributed by atoms with Crippen LogP contribution in [0.5, 0.6) is 0 Å². The Hall–Kier alpha value is -2.00. The fourth-order valence-electron chi connectivity index (χ4n) is 1.42. The molecule has 0 saturated carbocycles. The van der Waals surface area contributed by atoms with E-state index in [1.165, 1.54) is 11.8 Å². The third-order valence-electron chi connectivity index (χ3n) is 2.15. The highest BCUT2D eigenvalue weighted by Crippen LogP contribution is 2.15. The van der Waals surface area contributed by atoms with Gasteiger partial charge in [0.15, 0.2) is 11.4 Å².